The van der Waals surface area contributed by atoms with Gasteiger partial charge in [0.1, 0.15) is 5.75 Å². The summed E-state index contributed by atoms with van der Waals surface area (Å²) < 4.78 is 29.1. The number of piperidine rings is 1. The van der Waals surface area contributed by atoms with Crippen LogP contribution >= 0.6 is 0 Å². The van der Waals surface area contributed by atoms with Crippen molar-refractivity contribution >= 4 is 27.7 Å². The maximum Gasteiger partial charge on any atom is 0.254 e. The van der Waals surface area contributed by atoms with Crippen LogP contribution in [0.3, 0.4) is 0 Å². The quantitative estimate of drug-likeness (QED) is 0.615. The number of carbonyl (C=O) groups excluding carboxylic acids is 1. The number of ether oxygens (including phenoxy) is 3. The van der Waals surface area contributed by atoms with Gasteiger partial charge in [0.05, 0.1) is 29.4 Å². The first-order valence-corrected chi connectivity index (χ1v) is 13.6. The van der Waals surface area contributed by atoms with Gasteiger partial charge in [0, 0.05) is 13.1 Å². The molecule has 2 aromatic rings. The molecule has 2 saturated heterocycles. The lowest BCUT2D eigenvalue weighted by Crippen LogP contribution is -2.46. The second-order valence-electron chi connectivity index (χ2n) is 10.8. The zero-order chi connectivity index (χ0) is 25.4. The Labute approximate surface area is 210 Å². The minimum atomic E-state index is -1.47. The number of amides is 1. The van der Waals surface area contributed by atoms with Crippen LogP contribution in [0.15, 0.2) is 36.4 Å². The molecule has 1 unspecified atom stereocenters. The van der Waals surface area contributed by atoms with Crippen LogP contribution in [0.5, 0.6) is 5.75 Å². The van der Waals surface area contributed by atoms with E-state index in [9.17, 15) is 9.00 Å². The molecule has 2 aliphatic heterocycles. The lowest BCUT2D eigenvalue weighted by Gasteiger charge is -2.39. The van der Waals surface area contributed by atoms with Gasteiger partial charge in [-0.05, 0) is 87.3 Å². The van der Waals surface area contributed by atoms with Gasteiger partial charge in [0.25, 0.3) is 5.91 Å². The summed E-state index contributed by atoms with van der Waals surface area (Å²) in [6.07, 6.45) is 1.81. The predicted octanol–water partition coefficient (Wildman–Crippen LogP) is 4.11. The van der Waals surface area contributed by atoms with Gasteiger partial charge in [-0.2, -0.15) is 0 Å². The third-order valence-electron chi connectivity index (χ3n) is 7.46. The lowest BCUT2D eigenvalue weighted by atomic mass is 9.75. The van der Waals surface area contributed by atoms with E-state index in [0.29, 0.717) is 32.0 Å². The van der Waals surface area contributed by atoms with Gasteiger partial charge < -0.3 is 19.1 Å². The van der Waals surface area contributed by atoms with Gasteiger partial charge in [0.2, 0.25) is 0 Å². The molecule has 4 rings (SSSR count). The van der Waals surface area contributed by atoms with Crippen LogP contribution in [0.25, 0.3) is 10.8 Å². The van der Waals surface area contributed by atoms with Crippen molar-refractivity contribution in [2.24, 2.45) is 11.1 Å². The maximum atomic E-state index is 13.0. The van der Waals surface area contributed by atoms with Crippen molar-refractivity contribution in [3.05, 3.63) is 42.0 Å². The molecule has 2 heterocycles. The summed E-state index contributed by atoms with van der Waals surface area (Å²) >= 11 is 0. The highest BCUT2D eigenvalue weighted by Crippen LogP contribution is 2.44. The topological polar surface area (TPSA) is 91.1 Å². The van der Waals surface area contributed by atoms with Crippen molar-refractivity contribution in [3.8, 4) is 5.75 Å². The van der Waals surface area contributed by atoms with Crippen LogP contribution in [0.4, 0.5) is 0 Å². The molecular formula is C27H38N2O5S. The van der Waals surface area contributed by atoms with Crippen molar-refractivity contribution in [3.63, 3.8) is 0 Å². The molecular weight excluding hydrogens is 464 g/mol. The van der Waals surface area contributed by atoms with Crippen LogP contribution < -0.4 is 9.88 Å². The van der Waals surface area contributed by atoms with Crippen molar-refractivity contribution < 1.29 is 23.2 Å². The Morgan fingerprint density at radius 2 is 1.86 bits per heavy atom. The molecule has 0 aliphatic carbocycles. The third-order valence-corrected chi connectivity index (χ3v) is 8.71. The number of rotatable bonds is 7. The minimum absolute atomic E-state index is 0.00254. The Balaban J connectivity index is 1.58. The Morgan fingerprint density at radius 1 is 1.23 bits per heavy atom. The van der Waals surface area contributed by atoms with E-state index in [-0.39, 0.29) is 11.8 Å². The monoisotopic (exact) mass is 502 g/mol. The van der Waals surface area contributed by atoms with Crippen molar-refractivity contribution in [1.82, 2.24) is 4.90 Å². The zero-order valence-electron chi connectivity index (χ0n) is 21.4. The normalized spacial score (nSPS) is 22.8. The van der Waals surface area contributed by atoms with Gasteiger partial charge in [-0.1, -0.05) is 24.3 Å². The van der Waals surface area contributed by atoms with Gasteiger partial charge in [-0.25, -0.2) is 4.21 Å². The average Bonchev–Trinajstić information content (AvgIpc) is 3.20. The van der Waals surface area contributed by atoms with Crippen LogP contribution in [-0.2, 0) is 25.3 Å². The third kappa shape index (κ3) is 5.71. The number of likely N-dealkylation sites (tertiary alicyclic amines) is 1. The number of carbonyl (C=O) groups is 1. The Morgan fingerprint density at radius 3 is 2.40 bits per heavy atom. The fourth-order valence-corrected chi connectivity index (χ4v) is 5.72. The standard InChI is InChI=1S/C27H38N2O5S/c1-26(2,35(28)31)16-22(21-14-19-8-6-7-9-20(19)15-23(21)32-5)18-10-12-29(13-11-18)25(30)24-17-33-27(3,4)34-24/h6-9,14-15,18,22,24H,10-13,16-17,28H2,1-5H3/t22-,24-,35?/m1/s1. The van der Waals surface area contributed by atoms with E-state index in [1.54, 1.807) is 7.11 Å². The summed E-state index contributed by atoms with van der Waals surface area (Å²) in [6, 6.07) is 12.5. The van der Waals surface area contributed by atoms with Crippen molar-refractivity contribution in [2.75, 3.05) is 26.8 Å². The molecule has 0 spiro atoms. The zero-order valence-corrected chi connectivity index (χ0v) is 22.2. The van der Waals surface area contributed by atoms with E-state index in [0.717, 1.165) is 34.9 Å². The number of nitrogens with zero attached hydrogens (tertiary/aromatic N) is 1. The second kappa shape index (κ2) is 10.2. The highest BCUT2D eigenvalue weighted by molar-refractivity contribution is 7.84. The molecule has 0 saturated carbocycles. The number of methoxy groups -OCH3 is 1. The SMILES string of the molecule is COc1cc2ccccc2cc1[C@H](CC(C)(C)S(N)=O)C1CCN(C(=O)[C@H]2COC(C)(C)O2)CC1. The summed E-state index contributed by atoms with van der Waals surface area (Å²) in [5.41, 5.74) is 1.11. The summed E-state index contributed by atoms with van der Waals surface area (Å²) in [6.45, 7) is 9.18. The second-order valence-corrected chi connectivity index (χ2v) is 12.5. The summed E-state index contributed by atoms with van der Waals surface area (Å²) in [5.74, 6) is 0.509. The molecule has 2 aliphatic rings. The minimum Gasteiger partial charge on any atom is -0.496 e. The highest BCUT2D eigenvalue weighted by atomic mass is 32.2. The van der Waals surface area contributed by atoms with Crippen LogP contribution in [0.2, 0.25) is 0 Å². The number of hydrogen-bond acceptors (Lipinski definition) is 5. The largest absolute Gasteiger partial charge is 0.496 e. The first-order chi connectivity index (χ1) is 16.5. The van der Waals surface area contributed by atoms with Gasteiger partial charge in [0.15, 0.2) is 11.9 Å². The first kappa shape index (κ1) is 26.1. The fourth-order valence-electron chi connectivity index (χ4n) is 5.38. The van der Waals surface area contributed by atoms with Gasteiger partial charge >= 0.3 is 0 Å². The van der Waals surface area contributed by atoms with E-state index in [1.165, 1.54) is 0 Å². The molecule has 7 nitrogen and oxygen atoms in total. The Hall–Kier alpha value is -2.00. The molecule has 2 fully saturated rings. The highest BCUT2D eigenvalue weighted by Gasteiger charge is 2.41. The maximum absolute atomic E-state index is 13.0. The fraction of sp³-hybridized carbons (Fsp3) is 0.593. The molecule has 0 aromatic heterocycles. The number of nitrogens with two attached hydrogens (primary N) is 1. The number of fused-ring (bicyclic) bond motifs is 1. The summed E-state index contributed by atoms with van der Waals surface area (Å²) in [5, 5.41) is 8.17. The van der Waals surface area contributed by atoms with Gasteiger partial charge in [-0.15, -0.1) is 0 Å². The smallest absolute Gasteiger partial charge is 0.254 e. The molecule has 8 heteroatoms. The predicted molar refractivity (Wildman–Crippen MR) is 138 cm³/mol. The van der Waals surface area contributed by atoms with Crippen molar-refractivity contribution in [2.45, 2.75) is 69.5 Å². The Bertz CT molecular complexity index is 1090. The first-order valence-electron chi connectivity index (χ1n) is 12.3. The van der Waals surface area contributed by atoms with E-state index >= 15 is 0 Å². The molecule has 2 aromatic carbocycles. The summed E-state index contributed by atoms with van der Waals surface area (Å²) in [4.78, 5) is 14.9. The molecule has 3 atom stereocenters. The van der Waals surface area contributed by atoms with Crippen molar-refractivity contribution in [1.29, 1.82) is 0 Å². The lowest BCUT2D eigenvalue weighted by molar-refractivity contribution is -0.161. The van der Waals surface area contributed by atoms with Crippen LogP contribution in [0, 0.1) is 5.92 Å². The molecule has 1 amide bonds. The van der Waals surface area contributed by atoms with E-state index in [2.05, 4.69) is 24.3 Å². The molecule has 192 valence electrons. The Kier molecular flexibility index (Phi) is 7.57. The van der Waals surface area contributed by atoms with Crippen LogP contribution in [-0.4, -0.2) is 58.5 Å². The van der Waals surface area contributed by atoms with Gasteiger partial charge in [-0.3, -0.25) is 9.93 Å². The average molecular weight is 503 g/mol. The molecule has 2 N–H and O–H groups in total. The summed E-state index contributed by atoms with van der Waals surface area (Å²) in [7, 11) is 0.228. The number of hydrogen-bond donors (Lipinski definition) is 1. The van der Waals surface area contributed by atoms with E-state index in [4.69, 9.17) is 19.3 Å². The van der Waals surface area contributed by atoms with E-state index in [1.807, 2.05) is 44.7 Å². The number of benzene rings is 2. The molecule has 0 radical (unpaired) electrons. The molecule has 35 heavy (non-hydrogen) atoms. The van der Waals surface area contributed by atoms with Crippen LogP contribution in [0.1, 0.15) is 58.4 Å². The van der Waals surface area contributed by atoms with E-state index < -0.39 is 27.6 Å². The molecule has 0 bridgehead atoms.